The van der Waals surface area contributed by atoms with Gasteiger partial charge in [0, 0.05) is 51.4 Å². The predicted octanol–water partition coefficient (Wildman–Crippen LogP) is 4.55. The summed E-state index contributed by atoms with van der Waals surface area (Å²) >= 11 is 0. The Kier molecular flexibility index (Phi) is 9.96. The van der Waals surface area contributed by atoms with Crippen LogP contribution in [0.4, 0.5) is 25.1 Å². The first-order valence-electron chi connectivity index (χ1n) is 14.0. The van der Waals surface area contributed by atoms with E-state index in [-0.39, 0.29) is 32.0 Å². The van der Waals surface area contributed by atoms with E-state index in [0.717, 1.165) is 6.07 Å². The number of nitrogens with one attached hydrogen (secondary N) is 1. The maximum absolute atomic E-state index is 13.8. The average molecular weight is 617 g/mol. The lowest BCUT2D eigenvalue weighted by Gasteiger charge is -2.28. The molecule has 2 amide bonds. The third-order valence-corrected chi connectivity index (χ3v) is 7.30. The third kappa shape index (κ3) is 7.82. The fraction of sp³-hybridized carbons (Fsp3) is 0.467. The second kappa shape index (κ2) is 13.3. The van der Waals surface area contributed by atoms with Crippen LogP contribution in [0.25, 0.3) is 11.0 Å². The van der Waals surface area contributed by atoms with E-state index in [1.807, 2.05) is 20.8 Å². The molecule has 5 rings (SSSR count). The number of carbonyl (C=O) groups is 2. The van der Waals surface area contributed by atoms with Gasteiger partial charge in [0.05, 0.1) is 36.7 Å². The molecule has 2 saturated heterocycles. The second-order valence-corrected chi connectivity index (χ2v) is 11.6. The Morgan fingerprint density at radius 2 is 1.79 bits per heavy atom. The summed E-state index contributed by atoms with van der Waals surface area (Å²) < 4.78 is 38.6. The van der Waals surface area contributed by atoms with Crippen LogP contribution in [0.3, 0.4) is 0 Å². The lowest BCUT2D eigenvalue weighted by atomic mass is 10.1. The Bertz CT molecular complexity index is 1460. The zero-order chi connectivity index (χ0) is 30.0. The van der Waals surface area contributed by atoms with Gasteiger partial charge >= 0.3 is 6.09 Å². The molecule has 43 heavy (non-hydrogen) atoms. The van der Waals surface area contributed by atoms with E-state index in [1.165, 1.54) is 12.1 Å². The molecule has 2 fully saturated rings. The van der Waals surface area contributed by atoms with Crippen LogP contribution < -0.4 is 10.2 Å². The topological polar surface area (TPSA) is 100 Å². The number of aromatic nitrogens is 2. The molecular weight excluding hydrogens is 578 g/mol. The van der Waals surface area contributed by atoms with Gasteiger partial charge in [0.15, 0.2) is 0 Å². The first-order chi connectivity index (χ1) is 20.0. The highest BCUT2D eigenvalue weighted by Crippen LogP contribution is 2.28. The van der Waals surface area contributed by atoms with Crippen LogP contribution in [-0.2, 0) is 16.0 Å². The lowest BCUT2D eigenvalue weighted by molar-refractivity contribution is 0.0226. The number of halogens is 2. The molecule has 0 bridgehead atoms. The quantitative estimate of drug-likeness (QED) is 0.431. The highest BCUT2D eigenvalue weighted by molar-refractivity contribution is 7.59. The Morgan fingerprint density at radius 3 is 2.47 bits per heavy atom. The van der Waals surface area contributed by atoms with Gasteiger partial charge in [-0.3, -0.25) is 9.78 Å². The summed E-state index contributed by atoms with van der Waals surface area (Å²) in [5.74, 6) is -0.877. The van der Waals surface area contributed by atoms with Crippen molar-refractivity contribution in [1.82, 2.24) is 19.8 Å². The van der Waals surface area contributed by atoms with Crippen molar-refractivity contribution >= 4 is 48.0 Å². The van der Waals surface area contributed by atoms with Gasteiger partial charge in [0.1, 0.15) is 28.6 Å². The molecule has 3 aromatic rings. The van der Waals surface area contributed by atoms with Gasteiger partial charge in [0.25, 0.3) is 5.91 Å². The molecule has 0 aliphatic carbocycles. The van der Waals surface area contributed by atoms with Gasteiger partial charge in [-0.2, -0.15) is 13.5 Å². The number of hydrogen-bond donors (Lipinski definition) is 1. The molecule has 10 nitrogen and oxygen atoms in total. The fourth-order valence-electron chi connectivity index (χ4n) is 5.13. The van der Waals surface area contributed by atoms with Crippen molar-refractivity contribution in [2.75, 3.05) is 56.7 Å². The molecule has 232 valence electrons. The van der Waals surface area contributed by atoms with Crippen molar-refractivity contribution in [1.29, 1.82) is 0 Å². The van der Waals surface area contributed by atoms with Gasteiger partial charge in [-0.1, -0.05) is 0 Å². The number of likely N-dealkylation sites (N-methyl/N-ethyl adjacent to an activating group) is 1. The Balaban J connectivity index is 0.00000423. The second-order valence-electron chi connectivity index (χ2n) is 11.6. The van der Waals surface area contributed by atoms with E-state index in [1.54, 1.807) is 35.2 Å². The highest BCUT2D eigenvalue weighted by atomic mass is 32.1. The minimum absolute atomic E-state index is 0. The maximum atomic E-state index is 13.8. The fourth-order valence-corrected chi connectivity index (χ4v) is 5.13. The number of carbonyl (C=O) groups excluding carboxylic acids is 2. The van der Waals surface area contributed by atoms with E-state index in [2.05, 4.69) is 15.2 Å². The molecule has 2 aliphatic rings. The summed E-state index contributed by atoms with van der Waals surface area (Å²) in [5.41, 5.74) is 1.74. The van der Waals surface area contributed by atoms with Gasteiger partial charge in [-0.25, -0.2) is 18.6 Å². The lowest BCUT2D eigenvalue weighted by Crippen LogP contribution is -2.42. The number of hydrogen-bond acceptors (Lipinski definition) is 8. The molecule has 0 saturated carbocycles. The van der Waals surface area contributed by atoms with Crippen molar-refractivity contribution in [2.24, 2.45) is 0 Å². The normalized spacial score (nSPS) is 17.0. The Morgan fingerprint density at radius 1 is 1.09 bits per heavy atom. The molecule has 1 atom stereocenters. The molecule has 1 aromatic heterocycles. The largest absolute Gasteiger partial charge is 0.444 e. The molecule has 2 aromatic carbocycles. The maximum Gasteiger partial charge on any atom is 0.410 e. The predicted molar refractivity (Wildman–Crippen MR) is 165 cm³/mol. The molecule has 0 unspecified atom stereocenters. The van der Waals surface area contributed by atoms with Crippen LogP contribution in [0.15, 0.2) is 36.5 Å². The summed E-state index contributed by atoms with van der Waals surface area (Å²) in [6.07, 6.45) is 1.86. The Hall–Kier alpha value is -3.71. The summed E-state index contributed by atoms with van der Waals surface area (Å²) in [7, 11) is 1.68. The van der Waals surface area contributed by atoms with Crippen molar-refractivity contribution < 1.29 is 27.8 Å². The Labute approximate surface area is 256 Å². The number of morpholine rings is 1. The van der Waals surface area contributed by atoms with Crippen LogP contribution in [0.1, 0.15) is 43.1 Å². The monoisotopic (exact) mass is 616 g/mol. The van der Waals surface area contributed by atoms with E-state index >= 15 is 0 Å². The van der Waals surface area contributed by atoms with Crippen LogP contribution in [0, 0.1) is 11.6 Å². The van der Waals surface area contributed by atoms with Crippen molar-refractivity contribution in [2.45, 2.75) is 45.4 Å². The number of amides is 2. The van der Waals surface area contributed by atoms with E-state index in [4.69, 9.17) is 14.5 Å². The number of rotatable bonds is 6. The zero-order valence-corrected chi connectivity index (χ0v) is 25.8. The number of ether oxygens (including phenoxy) is 2. The first kappa shape index (κ1) is 32.2. The summed E-state index contributed by atoms with van der Waals surface area (Å²) in [4.78, 5) is 41.0. The molecule has 0 spiro atoms. The van der Waals surface area contributed by atoms with E-state index in [0.29, 0.717) is 79.5 Å². The van der Waals surface area contributed by atoms with Crippen molar-refractivity contribution in [3.05, 3.63) is 59.3 Å². The number of likely N-dealkylation sites (tertiary alicyclic amines) is 1. The SMILES string of the molecule is CN(C(=O)OC(C)(C)C)[C@H]1CCN(C(=O)c2cc(NCc3cc(F)cc(F)c3)c3nc(N4CCOCC4)cnc3c2)C1.S. The summed E-state index contributed by atoms with van der Waals surface area (Å²) in [6.45, 7) is 8.90. The molecule has 2 aliphatic heterocycles. The smallest absolute Gasteiger partial charge is 0.410 e. The highest BCUT2D eigenvalue weighted by Gasteiger charge is 2.33. The van der Waals surface area contributed by atoms with Gasteiger partial charge in [0.2, 0.25) is 0 Å². The van der Waals surface area contributed by atoms with Crippen LogP contribution >= 0.6 is 13.5 Å². The number of anilines is 2. The minimum Gasteiger partial charge on any atom is -0.444 e. The standard InChI is InChI=1S/C30H36F2N6O4.H2S/c1-30(2,3)42-29(40)36(4)23-5-6-38(18-23)28(39)20-13-24(33-16-19-11-21(31)15-22(32)12-19)27-25(14-20)34-17-26(35-27)37-7-9-41-10-8-37;/h11-15,17,23,33H,5-10,16,18H2,1-4H3;1H2/t23-;/m0./s1. The first-order valence-corrected chi connectivity index (χ1v) is 14.0. The third-order valence-electron chi connectivity index (χ3n) is 7.30. The van der Waals surface area contributed by atoms with Crippen LogP contribution in [-0.4, -0.2) is 89.9 Å². The summed E-state index contributed by atoms with van der Waals surface area (Å²) in [6, 6.07) is 6.55. The average Bonchev–Trinajstić information content (AvgIpc) is 3.44. The van der Waals surface area contributed by atoms with E-state index in [9.17, 15) is 18.4 Å². The molecule has 13 heteroatoms. The number of benzene rings is 2. The zero-order valence-electron chi connectivity index (χ0n) is 24.8. The van der Waals surface area contributed by atoms with Crippen molar-refractivity contribution in [3.8, 4) is 0 Å². The van der Waals surface area contributed by atoms with Gasteiger partial charge < -0.3 is 29.5 Å². The molecule has 3 heterocycles. The molecule has 1 N–H and O–H groups in total. The summed E-state index contributed by atoms with van der Waals surface area (Å²) in [5, 5.41) is 3.22. The van der Waals surface area contributed by atoms with E-state index < -0.39 is 23.3 Å². The molecule has 0 radical (unpaired) electrons. The van der Waals surface area contributed by atoms with Crippen LogP contribution in [0.5, 0.6) is 0 Å². The van der Waals surface area contributed by atoms with Crippen molar-refractivity contribution in [3.63, 3.8) is 0 Å². The van der Waals surface area contributed by atoms with Crippen LogP contribution in [0.2, 0.25) is 0 Å². The van der Waals surface area contributed by atoms with Gasteiger partial charge in [-0.05, 0) is 57.0 Å². The minimum atomic E-state index is -0.671. The molecular formula is C30H38F2N6O4S. The number of nitrogens with zero attached hydrogens (tertiary/aromatic N) is 5. The van der Waals surface area contributed by atoms with Gasteiger partial charge in [-0.15, -0.1) is 0 Å². The number of fused-ring (bicyclic) bond motifs is 1.